The summed E-state index contributed by atoms with van der Waals surface area (Å²) in [5.41, 5.74) is -0.229. The van der Waals surface area contributed by atoms with E-state index in [-0.39, 0.29) is 23.6 Å². The third-order valence-electron chi connectivity index (χ3n) is 5.12. The first-order chi connectivity index (χ1) is 8.53. The first-order valence-corrected chi connectivity index (χ1v) is 8.52. The Kier molecular flexibility index (Phi) is 3.37. The van der Waals surface area contributed by atoms with Crippen molar-refractivity contribution >= 4 is 28.6 Å². The summed E-state index contributed by atoms with van der Waals surface area (Å²) in [5, 5.41) is 10.2. The molecule has 0 aliphatic heterocycles. The van der Waals surface area contributed by atoms with Crippen LogP contribution in [0.1, 0.15) is 39.0 Å². The van der Waals surface area contributed by atoms with Gasteiger partial charge in [0.25, 0.3) is 0 Å². The molecule has 0 spiro atoms. The summed E-state index contributed by atoms with van der Waals surface area (Å²) in [4.78, 5) is 12.1. The lowest BCUT2D eigenvalue weighted by molar-refractivity contribution is -0.208. The molecule has 4 aliphatic rings. The van der Waals surface area contributed by atoms with Gasteiger partial charge in [0.1, 0.15) is 5.60 Å². The van der Waals surface area contributed by atoms with E-state index in [0.29, 0.717) is 17.8 Å². The molecule has 0 aromatic heterocycles. The minimum atomic E-state index is -0.229. The number of ether oxygens (including phenoxy) is 1. The highest BCUT2D eigenvalue weighted by atomic mass is 127. The van der Waals surface area contributed by atoms with Crippen molar-refractivity contribution in [1.82, 2.24) is 0 Å². The van der Waals surface area contributed by atoms with Crippen molar-refractivity contribution < 1.29 is 14.6 Å². The van der Waals surface area contributed by atoms with Gasteiger partial charge in [0.2, 0.25) is 0 Å². The summed E-state index contributed by atoms with van der Waals surface area (Å²) in [6, 6.07) is 0. The van der Waals surface area contributed by atoms with Crippen LogP contribution in [0.2, 0.25) is 0 Å². The lowest BCUT2D eigenvalue weighted by Crippen LogP contribution is -2.58. The molecule has 0 saturated heterocycles. The van der Waals surface area contributed by atoms with Gasteiger partial charge < -0.3 is 9.84 Å². The molecule has 4 fully saturated rings. The fraction of sp³-hybridized carbons (Fsp3) is 0.929. The zero-order chi connectivity index (χ0) is 12.9. The number of aliphatic hydroxyl groups is 1. The van der Waals surface area contributed by atoms with Crippen LogP contribution < -0.4 is 0 Å². The zero-order valence-corrected chi connectivity index (χ0v) is 12.9. The highest BCUT2D eigenvalue weighted by molar-refractivity contribution is 14.1. The van der Waals surface area contributed by atoms with Crippen LogP contribution in [-0.2, 0) is 9.53 Å². The second kappa shape index (κ2) is 4.62. The summed E-state index contributed by atoms with van der Waals surface area (Å²) in [7, 11) is 0. The number of carbonyl (C=O) groups excluding carboxylic acids is 1. The fourth-order valence-corrected chi connectivity index (χ4v) is 4.78. The summed E-state index contributed by atoms with van der Waals surface area (Å²) in [5.74, 6) is 1.37. The SMILES string of the molecule is CC(CI)C(=O)OC12CC3CC(C1)C(O)C(C3)C2. The first kappa shape index (κ1) is 13.2. The molecule has 3 unspecified atom stereocenters. The Morgan fingerprint density at radius 1 is 1.39 bits per heavy atom. The number of hydrogen-bond donors (Lipinski definition) is 1. The molecule has 18 heavy (non-hydrogen) atoms. The van der Waals surface area contributed by atoms with Crippen molar-refractivity contribution in [1.29, 1.82) is 0 Å². The van der Waals surface area contributed by atoms with Crippen molar-refractivity contribution in [2.75, 3.05) is 4.43 Å². The lowest BCUT2D eigenvalue weighted by atomic mass is 9.53. The van der Waals surface area contributed by atoms with Gasteiger partial charge in [-0.2, -0.15) is 0 Å². The third-order valence-corrected chi connectivity index (χ3v) is 6.44. The van der Waals surface area contributed by atoms with Gasteiger partial charge >= 0.3 is 5.97 Å². The van der Waals surface area contributed by atoms with E-state index in [0.717, 1.165) is 36.5 Å². The fourth-order valence-electron chi connectivity index (χ4n) is 4.42. The first-order valence-electron chi connectivity index (χ1n) is 7.00. The average Bonchev–Trinajstić information content (AvgIpc) is 2.33. The Hall–Kier alpha value is 0.160. The van der Waals surface area contributed by atoms with E-state index in [2.05, 4.69) is 22.6 Å². The van der Waals surface area contributed by atoms with Gasteiger partial charge in [-0.25, -0.2) is 0 Å². The highest BCUT2D eigenvalue weighted by Crippen LogP contribution is 2.57. The average molecular weight is 364 g/mol. The molecular formula is C14H21IO3. The van der Waals surface area contributed by atoms with Gasteiger partial charge in [0.05, 0.1) is 12.0 Å². The summed E-state index contributed by atoms with van der Waals surface area (Å²) in [6.07, 6.45) is 4.95. The molecule has 102 valence electrons. The lowest BCUT2D eigenvalue weighted by Gasteiger charge is -2.57. The van der Waals surface area contributed by atoms with E-state index in [1.54, 1.807) is 0 Å². The number of alkyl halides is 1. The Bertz CT molecular complexity index is 341. The summed E-state index contributed by atoms with van der Waals surface area (Å²) < 4.78 is 6.71. The van der Waals surface area contributed by atoms with Gasteiger partial charge in [-0.15, -0.1) is 0 Å². The van der Waals surface area contributed by atoms with E-state index >= 15 is 0 Å². The number of esters is 1. The molecule has 3 nitrogen and oxygen atoms in total. The van der Waals surface area contributed by atoms with Crippen LogP contribution in [0.5, 0.6) is 0 Å². The molecule has 1 N–H and O–H groups in total. The third kappa shape index (κ3) is 2.09. The number of hydrogen-bond acceptors (Lipinski definition) is 3. The van der Waals surface area contributed by atoms with Crippen molar-refractivity contribution in [2.45, 2.75) is 50.7 Å². The van der Waals surface area contributed by atoms with Crippen LogP contribution in [0, 0.1) is 23.7 Å². The van der Waals surface area contributed by atoms with Crippen LogP contribution in [0.3, 0.4) is 0 Å². The molecule has 0 amide bonds. The summed E-state index contributed by atoms with van der Waals surface area (Å²) >= 11 is 2.23. The number of rotatable bonds is 3. The zero-order valence-electron chi connectivity index (χ0n) is 10.8. The molecule has 0 radical (unpaired) electrons. The van der Waals surface area contributed by atoms with Crippen LogP contribution >= 0.6 is 22.6 Å². The molecule has 4 bridgehead atoms. The van der Waals surface area contributed by atoms with Crippen molar-refractivity contribution in [2.24, 2.45) is 23.7 Å². The van der Waals surface area contributed by atoms with Crippen molar-refractivity contribution in [3.05, 3.63) is 0 Å². The maximum atomic E-state index is 12.1. The number of carbonyl (C=O) groups is 1. The molecule has 0 aromatic carbocycles. The minimum absolute atomic E-state index is 0.0106. The van der Waals surface area contributed by atoms with E-state index < -0.39 is 0 Å². The molecular weight excluding hydrogens is 343 g/mol. The van der Waals surface area contributed by atoms with Crippen LogP contribution in [0.25, 0.3) is 0 Å². The van der Waals surface area contributed by atoms with Gasteiger partial charge in [0, 0.05) is 4.43 Å². The van der Waals surface area contributed by atoms with E-state index in [4.69, 9.17) is 4.74 Å². The quantitative estimate of drug-likeness (QED) is 0.476. The molecule has 3 atom stereocenters. The maximum Gasteiger partial charge on any atom is 0.309 e. The standard InChI is InChI=1S/C14H21IO3/c1-8(7-15)13(17)18-14-4-9-2-10(5-14)12(16)11(3-9)6-14/h8-12,16H,2-7H2,1H3. The Morgan fingerprint density at radius 2 is 2.00 bits per heavy atom. The van der Waals surface area contributed by atoms with Gasteiger partial charge in [-0.05, 0) is 49.9 Å². The van der Waals surface area contributed by atoms with Gasteiger partial charge in [0.15, 0.2) is 0 Å². The Balaban J connectivity index is 1.74. The van der Waals surface area contributed by atoms with Crippen LogP contribution in [0.4, 0.5) is 0 Å². The van der Waals surface area contributed by atoms with E-state index in [1.165, 1.54) is 0 Å². The van der Waals surface area contributed by atoms with E-state index in [9.17, 15) is 9.90 Å². The molecule has 0 heterocycles. The topological polar surface area (TPSA) is 46.5 Å². The Labute approximate surface area is 122 Å². The van der Waals surface area contributed by atoms with Crippen LogP contribution in [0.15, 0.2) is 0 Å². The number of halogens is 1. The predicted molar refractivity (Wildman–Crippen MR) is 76.4 cm³/mol. The predicted octanol–water partition coefficient (Wildman–Crippen LogP) is 2.54. The molecule has 0 aromatic rings. The maximum absolute atomic E-state index is 12.1. The van der Waals surface area contributed by atoms with Crippen molar-refractivity contribution in [3.63, 3.8) is 0 Å². The van der Waals surface area contributed by atoms with Gasteiger partial charge in [-0.3, -0.25) is 4.79 Å². The minimum Gasteiger partial charge on any atom is -0.459 e. The smallest absolute Gasteiger partial charge is 0.309 e. The normalized spacial score (nSPS) is 47.1. The van der Waals surface area contributed by atoms with Crippen LogP contribution in [-0.4, -0.2) is 27.2 Å². The second-order valence-electron chi connectivity index (χ2n) is 6.62. The highest BCUT2D eigenvalue weighted by Gasteiger charge is 2.57. The Morgan fingerprint density at radius 3 is 2.56 bits per heavy atom. The molecule has 4 saturated carbocycles. The van der Waals surface area contributed by atoms with E-state index in [1.807, 2.05) is 6.92 Å². The molecule has 4 rings (SSSR count). The summed E-state index contributed by atoms with van der Waals surface area (Å²) in [6.45, 7) is 1.93. The second-order valence-corrected chi connectivity index (χ2v) is 7.50. The van der Waals surface area contributed by atoms with Crippen molar-refractivity contribution in [3.8, 4) is 0 Å². The van der Waals surface area contributed by atoms with Gasteiger partial charge in [-0.1, -0.05) is 29.5 Å². The molecule has 4 heteroatoms. The number of aliphatic hydroxyl groups excluding tert-OH is 1. The largest absolute Gasteiger partial charge is 0.459 e. The monoisotopic (exact) mass is 364 g/mol. The molecule has 4 aliphatic carbocycles.